The monoisotopic (exact) mass is 355 g/mol. The average Bonchev–Trinajstić information content (AvgIpc) is 2.94. The van der Waals surface area contributed by atoms with Gasteiger partial charge in [-0.1, -0.05) is 0 Å². The van der Waals surface area contributed by atoms with E-state index in [1.165, 1.54) is 0 Å². The molecule has 2 aliphatic rings. The minimum atomic E-state index is 0.0232. The highest BCUT2D eigenvalue weighted by atomic mass is 16.2. The van der Waals surface area contributed by atoms with Crippen LogP contribution in [0, 0.1) is 0 Å². The number of nitrogens with zero attached hydrogens (tertiary/aromatic N) is 4. The number of likely N-dealkylation sites (tertiary alicyclic amines) is 1. The molecule has 1 N–H and O–H groups in total. The summed E-state index contributed by atoms with van der Waals surface area (Å²) in [6, 6.07) is 3.74. The number of nitrogens with one attached hydrogen (secondary N) is 1. The van der Waals surface area contributed by atoms with Crippen molar-refractivity contribution >= 4 is 5.91 Å². The lowest BCUT2D eigenvalue weighted by Crippen LogP contribution is -2.38. The number of carbonyl (C=O) groups excluding carboxylic acids is 1. The number of aromatic nitrogens is 3. The molecule has 0 bridgehead atoms. The predicted molar refractivity (Wildman–Crippen MR) is 98.4 cm³/mol. The van der Waals surface area contributed by atoms with E-state index in [4.69, 9.17) is 0 Å². The number of imidazole rings is 1. The van der Waals surface area contributed by atoms with Crippen molar-refractivity contribution in [3.05, 3.63) is 52.0 Å². The van der Waals surface area contributed by atoms with Gasteiger partial charge in [-0.05, 0) is 30.4 Å². The Morgan fingerprint density at radius 2 is 2.04 bits per heavy atom. The van der Waals surface area contributed by atoms with Crippen LogP contribution in [-0.4, -0.2) is 51.1 Å². The molecule has 0 radical (unpaired) electrons. The van der Waals surface area contributed by atoms with Crippen molar-refractivity contribution in [1.82, 2.24) is 24.3 Å². The molecule has 1 fully saturated rings. The molecule has 2 aromatic rings. The number of carbonyl (C=O) groups is 1. The van der Waals surface area contributed by atoms with Gasteiger partial charge in [-0.15, -0.1) is 0 Å². The van der Waals surface area contributed by atoms with E-state index in [1.54, 1.807) is 17.7 Å². The van der Waals surface area contributed by atoms with Gasteiger partial charge in [-0.3, -0.25) is 9.59 Å². The summed E-state index contributed by atoms with van der Waals surface area (Å²) in [5.74, 6) is 1.37. The van der Waals surface area contributed by atoms with E-state index in [0.717, 1.165) is 50.3 Å². The van der Waals surface area contributed by atoms with Crippen LogP contribution in [0.1, 0.15) is 40.6 Å². The van der Waals surface area contributed by atoms with Gasteiger partial charge >= 0.3 is 0 Å². The molecular formula is C19H25N5O2. The molecular weight excluding hydrogens is 330 g/mol. The summed E-state index contributed by atoms with van der Waals surface area (Å²) in [4.78, 5) is 31.1. The smallest absolute Gasteiger partial charge is 0.274 e. The van der Waals surface area contributed by atoms with Crippen molar-refractivity contribution in [3.63, 3.8) is 0 Å². The third-order valence-electron chi connectivity index (χ3n) is 5.52. The minimum absolute atomic E-state index is 0.0232. The zero-order valence-electron chi connectivity index (χ0n) is 15.1. The number of piperidine rings is 1. The van der Waals surface area contributed by atoms with Crippen LogP contribution >= 0.6 is 0 Å². The molecule has 4 heterocycles. The van der Waals surface area contributed by atoms with E-state index in [9.17, 15) is 9.59 Å². The first-order valence-corrected chi connectivity index (χ1v) is 9.34. The van der Waals surface area contributed by atoms with E-state index in [2.05, 4.69) is 14.9 Å². The van der Waals surface area contributed by atoms with Crippen LogP contribution in [0.4, 0.5) is 0 Å². The third kappa shape index (κ3) is 3.31. The Bertz CT molecular complexity index is 838. The topological polar surface area (TPSA) is 72.2 Å². The Balaban J connectivity index is 1.42. The molecule has 7 heteroatoms. The molecule has 1 saturated heterocycles. The Morgan fingerprint density at radius 3 is 2.81 bits per heavy atom. The number of fused-ring (bicyclic) bond motifs is 1. The van der Waals surface area contributed by atoms with Crippen LogP contribution in [0.25, 0.3) is 0 Å². The summed E-state index contributed by atoms with van der Waals surface area (Å²) in [5.41, 5.74) is 1.67. The lowest BCUT2D eigenvalue weighted by molar-refractivity contribution is 0.0707. The van der Waals surface area contributed by atoms with Crippen molar-refractivity contribution in [2.75, 3.05) is 26.2 Å². The zero-order valence-corrected chi connectivity index (χ0v) is 15.1. The van der Waals surface area contributed by atoms with Gasteiger partial charge in [0.25, 0.3) is 11.5 Å². The number of amides is 1. The molecule has 0 aromatic carbocycles. The molecule has 138 valence electrons. The fraction of sp³-hybridized carbons (Fsp3) is 0.526. The second-order valence-electron chi connectivity index (χ2n) is 7.21. The summed E-state index contributed by atoms with van der Waals surface area (Å²) in [7, 11) is 1.76. The number of hydrogen-bond acceptors (Lipinski definition) is 4. The van der Waals surface area contributed by atoms with E-state index in [-0.39, 0.29) is 11.5 Å². The van der Waals surface area contributed by atoms with Crippen LogP contribution in [0.15, 0.2) is 29.3 Å². The van der Waals surface area contributed by atoms with E-state index < -0.39 is 0 Å². The molecule has 26 heavy (non-hydrogen) atoms. The van der Waals surface area contributed by atoms with Crippen molar-refractivity contribution in [3.8, 4) is 0 Å². The highest BCUT2D eigenvalue weighted by molar-refractivity contribution is 5.92. The van der Waals surface area contributed by atoms with Gasteiger partial charge in [0.15, 0.2) is 0 Å². The summed E-state index contributed by atoms with van der Waals surface area (Å²) < 4.78 is 3.68. The van der Waals surface area contributed by atoms with Crippen LogP contribution < -0.4 is 10.9 Å². The van der Waals surface area contributed by atoms with Gasteiger partial charge in [-0.25, -0.2) is 4.98 Å². The average molecular weight is 355 g/mol. The van der Waals surface area contributed by atoms with Crippen LogP contribution in [0.2, 0.25) is 0 Å². The lowest BCUT2D eigenvalue weighted by Gasteiger charge is -2.31. The highest BCUT2D eigenvalue weighted by Gasteiger charge is 2.27. The van der Waals surface area contributed by atoms with Crippen molar-refractivity contribution in [1.29, 1.82) is 0 Å². The zero-order chi connectivity index (χ0) is 18.1. The summed E-state index contributed by atoms with van der Waals surface area (Å²) in [6.07, 6.45) is 6.35. The molecule has 2 aromatic heterocycles. The summed E-state index contributed by atoms with van der Waals surface area (Å²) >= 11 is 0. The number of rotatable bonds is 2. The number of aryl methyl sites for hydroxylation is 1. The molecule has 0 spiro atoms. The maximum atomic E-state index is 12.8. The van der Waals surface area contributed by atoms with Crippen molar-refractivity contribution in [2.45, 2.75) is 31.7 Å². The molecule has 7 nitrogen and oxygen atoms in total. The first kappa shape index (κ1) is 17.0. The van der Waals surface area contributed by atoms with Crippen LogP contribution in [0.5, 0.6) is 0 Å². The second kappa shape index (κ2) is 7.07. The standard InChI is InChI=1S/C19H25N5O2/c1-22-8-3-15(12-18(22)25)14-4-9-23(10-5-14)19(26)16-13-24-11-7-20-6-2-17(24)21-16/h3,8,12-14,20H,2,4-7,9-11H2,1H3. The highest BCUT2D eigenvalue weighted by Crippen LogP contribution is 2.27. The normalized spacial score (nSPS) is 18.4. The maximum Gasteiger partial charge on any atom is 0.274 e. The second-order valence-corrected chi connectivity index (χ2v) is 7.21. The summed E-state index contributed by atoms with van der Waals surface area (Å²) in [6.45, 7) is 4.11. The van der Waals surface area contributed by atoms with E-state index >= 15 is 0 Å². The Kier molecular flexibility index (Phi) is 4.63. The summed E-state index contributed by atoms with van der Waals surface area (Å²) in [5, 5.41) is 3.34. The van der Waals surface area contributed by atoms with Crippen molar-refractivity contribution < 1.29 is 4.79 Å². The largest absolute Gasteiger partial charge is 0.337 e. The van der Waals surface area contributed by atoms with E-state index in [1.807, 2.05) is 23.4 Å². The Morgan fingerprint density at radius 1 is 1.23 bits per heavy atom. The van der Waals surface area contributed by atoms with Crippen LogP contribution in [0.3, 0.4) is 0 Å². The van der Waals surface area contributed by atoms with Gasteiger partial charge < -0.3 is 19.4 Å². The van der Waals surface area contributed by atoms with Gasteiger partial charge in [0.1, 0.15) is 11.5 Å². The number of hydrogen-bond donors (Lipinski definition) is 1. The first-order valence-electron chi connectivity index (χ1n) is 9.34. The van der Waals surface area contributed by atoms with Gasteiger partial charge in [0.05, 0.1) is 0 Å². The molecule has 4 rings (SSSR count). The SMILES string of the molecule is Cn1ccc(C2CCN(C(=O)c3cn4c(n3)CCNCC4)CC2)cc1=O. The van der Waals surface area contributed by atoms with Gasteiger partial charge in [0, 0.05) is 64.7 Å². The predicted octanol–water partition coefficient (Wildman–Crippen LogP) is 0.747. The Hall–Kier alpha value is -2.41. The molecule has 0 saturated carbocycles. The molecule has 1 amide bonds. The number of pyridine rings is 1. The third-order valence-corrected chi connectivity index (χ3v) is 5.52. The van der Waals surface area contributed by atoms with Gasteiger partial charge in [-0.2, -0.15) is 0 Å². The molecule has 0 atom stereocenters. The quantitative estimate of drug-likeness (QED) is 0.863. The first-order chi connectivity index (χ1) is 12.6. The van der Waals surface area contributed by atoms with Crippen molar-refractivity contribution in [2.24, 2.45) is 7.05 Å². The molecule has 2 aliphatic heterocycles. The fourth-order valence-electron chi connectivity index (χ4n) is 3.87. The Labute approximate surface area is 152 Å². The minimum Gasteiger partial charge on any atom is -0.337 e. The molecule has 0 unspecified atom stereocenters. The maximum absolute atomic E-state index is 12.8. The van der Waals surface area contributed by atoms with Gasteiger partial charge in [0.2, 0.25) is 0 Å². The molecule has 0 aliphatic carbocycles. The lowest BCUT2D eigenvalue weighted by atomic mass is 9.90. The fourth-order valence-corrected chi connectivity index (χ4v) is 3.87. The van der Waals surface area contributed by atoms with E-state index in [0.29, 0.717) is 24.7 Å². The van der Waals surface area contributed by atoms with Crippen LogP contribution in [-0.2, 0) is 20.0 Å².